The summed E-state index contributed by atoms with van der Waals surface area (Å²) in [7, 11) is 0. The zero-order valence-corrected chi connectivity index (χ0v) is 16.9. The minimum atomic E-state index is -0.310. The number of fused-ring (bicyclic) bond motifs is 4. The van der Waals surface area contributed by atoms with Gasteiger partial charge in [0.15, 0.2) is 0 Å². The number of amides is 1. The SMILES string of the molecule is O=C(Nc1ccccc1)OC1CC2CC1[C@H]1CCCCN1[C@H]2Cc1ccccc1. The van der Waals surface area contributed by atoms with E-state index in [-0.39, 0.29) is 12.2 Å². The highest BCUT2D eigenvalue weighted by Crippen LogP contribution is 2.48. The molecule has 2 bridgehead atoms. The summed E-state index contributed by atoms with van der Waals surface area (Å²) in [6, 6.07) is 21.6. The Morgan fingerprint density at radius 3 is 2.55 bits per heavy atom. The van der Waals surface area contributed by atoms with Gasteiger partial charge in [-0.3, -0.25) is 10.2 Å². The topological polar surface area (TPSA) is 41.6 Å². The van der Waals surface area contributed by atoms with Crippen LogP contribution >= 0.6 is 0 Å². The van der Waals surface area contributed by atoms with Crippen molar-refractivity contribution in [2.75, 3.05) is 11.9 Å². The van der Waals surface area contributed by atoms with Gasteiger partial charge >= 0.3 is 6.09 Å². The van der Waals surface area contributed by atoms with Crippen LogP contribution in [0.4, 0.5) is 10.5 Å². The third-order valence-corrected chi connectivity index (χ3v) is 7.21. The molecule has 4 nitrogen and oxygen atoms in total. The van der Waals surface area contributed by atoms with Crippen LogP contribution in [0.1, 0.15) is 37.7 Å². The fourth-order valence-electron chi connectivity index (χ4n) is 5.99. The van der Waals surface area contributed by atoms with Crippen molar-refractivity contribution in [2.45, 2.75) is 56.7 Å². The number of ether oxygens (including phenoxy) is 1. The van der Waals surface area contributed by atoms with Crippen LogP contribution in [0, 0.1) is 11.8 Å². The maximum absolute atomic E-state index is 12.5. The van der Waals surface area contributed by atoms with Crippen LogP contribution in [0.25, 0.3) is 0 Å². The first-order valence-corrected chi connectivity index (χ1v) is 11.1. The normalized spacial score (nSPS) is 31.1. The van der Waals surface area contributed by atoms with Crippen LogP contribution < -0.4 is 5.32 Å². The number of nitrogens with one attached hydrogen (secondary N) is 1. The third kappa shape index (κ3) is 3.91. The number of nitrogens with zero attached hydrogens (tertiary/aromatic N) is 1. The van der Waals surface area contributed by atoms with Crippen LogP contribution in [0.15, 0.2) is 60.7 Å². The summed E-state index contributed by atoms with van der Waals surface area (Å²) in [6.45, 7) is 1.19. The first-order valence-electron chi connectivity index (χ1n) is 11.1. The molecule has 5 rings (SSSR count). The Balaban J connectivity index is 1.30. The second kappa shape index (κ2) is 8.19. The molecule has 1 N–H and O–H groups in total. The lowest BCUT2D eigenvalue weighted by Gasteiger charge is -2.49. The van der Waals surface area contributed by atoms with E-state index in [0.717, 1.165) is 18.5 Å². The lowest BCUT2D eigenvalue weighted by molar-refractivity contribution is -0.0144. The van der Waals surface area contributed by atoms with Crippen molar-refractivity contribution in [3.8, 4) is 0 Å². The zero-order valence-electron chi connectivity index (χ0n) is 16.9. The highest BCUT2D eigenvalue weighted by atomic mass is 16.6. The van der Waals surface area contributed by atoms with Gasteiger partial charge in [-0.1, -0.05) is 55.0 Å². The number of carbonyl (C=O) groups is 1. The lowest BCUT2D eigenvalue weighted by atomic mass is 9.79. The molecule has 0 radical (unpaired) electrons. The molecule has 2 aromatic carbocycles. The van der Waals surface area contributed by atoms with Crippen molar-refractivity contribution < 1.29 is 9.53 Å². The Hall–Kier alpha value is -2.33. The van der Waals surface area contributed by atoms with Crippen molar-refractivity contribution >= 4 is 11.8 Å². The molecule has 3 unspecified atom stereocenters. The molecule has 2 aliphatic heterocycles. The minimum Gasteiger partial charge on any atom is -0.446 e. The summed E-state index contributed by atoms with van der Waals surface area (Å²) in [5.74, 6) is 1.10. The Morgan fingerprint density at radius 1 is 1.00 bits per heavy atom. The third-order valence-electron chi connectivity index (χ3n) is 7.21. The number of hydrogen-bond donors (Lipinski definition) is 1. The molecule has 4 heteroatoms. The van der Waals surface area contributed by atoms with E-state index >= 15 is 0 Å². The molecule has 0 spiro atoms. The molecule has 29 heavy (non-hydrogen) atoms. The van der Waals surface area contributed by atoms with E-state index in [9.17, 15) is 4.79 Å². The Kier molecular flexibility index (Phi) is 5.28. The first-order chi connectivity index (χ1) is 14.3. The van der Waals surface area contributed by atoms with Gasteiger partial charge in [0.1, 0.15) is 6.10 Å². The highest BCUT2D eigenvalue weighted by Gasteiger charge is 2.52. The summed E-state index contributed by atoms with van der Waals surface area (Å²) in [5, 5.41) is 2.90. The van der Waals surface area contributed by atoms with Crippen molar-refractivity contribution in [1.29, 1.82) is 0 Å². The van der Waals surface area contributed by atoms with Gasteiger partial charge in [0, 0.05) is 23.7 Å². The Labute approximate surface area is 173 Å². The van der Waals surface area contributed by atoms with Crippen LogP contribution in [0.3, 0.4) is 0 Å². The summed E-state index contributed by atoms with van der Waals surface area (Å²) in [4.78, 5) is 15.3. The second-order valence-corrected chi connectivity index (χ2v) is 8.89. The highest BCUT2D eigenvalue weighted by molar-refractivity contribution is 5.84. The predicted octanol–water partition coefficient (Wildman–Crippen LogP) is 5.11. The fraction of sp³-hybridized carbons (Fsp3) is 0.480. The molecule has 2 saturated heterocycles. The average Bonchev–Trinajstić information content (AvgIpc) is 3.12. The summed E-state index contributed by atoms with van der Waals surface area (Å²) in [5.41, 5.74) is 2.21. The van der Waals surface area contributed by atoms with E-state index in [2.05, 4.69) is 40.5 Å². The quantitative estimate of drug-likeness (QED) is 0.789. The van der Waals surface area contributed by atoms with E-state index in [1.807, 2.05) is 30.3 Å². The number of benzene rings is 2. The van der Waals surface area contributed by atoms with Crippen LogP contribution in [0.2, 0.25) is 0 Å². The molecule has 0 aromatic heterocycles. The van der Waals surface area contributed by atoms with E-state index in [0.29, 0.717) is 23.9 Å². The fourth-order valence-corrected chi connectivity index (χ4v) is 5.99. The van der Waals surface area contributed by atoms with Gasteiger partial charge in [-0.15, -0.1) is 0 Å². The molecule has 3 fully saturated rings. The number of hydrogen-bond acceptors (Lipinski definition) is 3. The van der Waals surface area contributed by atoms with E-state index in [4.69, 9.17) is 4.74 Å². The smallest absolute Gasteiger partial charge is 0.411 e. The molecule has 1 saturated carbocycles. The van der Waals surface area contributed by atoms with Crippen molar-refractivity contribution in [2.24, 2.45) is 11.8 Å². The molecular formula is C25H30N2O2. The Morgan fingerprint density at radius 2 is 1.76 bits per heavy atom. The van der Waals surface area contributed by atoms with E-state index in [1.54, 1.807) is 0 Å². The van der Waals surface area contributed by atoms with Crippen molar-refractivity contribution in [3.63, 3.8) is 0 Å². The van der Waals surface area contributed by atoms with E-state index < -0.39 is 0 Å². The minimum absolute atomic E-state index is 0.0371. The maximum atomic E-state index is 12.5. The van der Waals surface area contributed by atoms with E-state index in [1.165, 1.54) is 37.8 Å². The van der Waals surface area contributed by atoms with Gasteiger partial charge in [0.05, 0.1) is 0 Å². The monoisotopic (exact) mass is 390 g/mol. The molecule has 2 aromatic rings. The average molecular weight is 391 g/mol. The van der Waals surface area contributed by atoms with Crippen LogP contribution in [0.5, 0.6) is 0 Å². The number of piperidine rings is 2. The van der Waals surface area contributed by atoms with Crippen LogP contribution in [-0.2, 0) is 11.2 Å². The second-order valence-electron chi connectivity index (χ2n) is 8.89. The van der Waals surface area contributed by atoms with Gasteiger partial charge in [-0.2, -0.15) is 0 Å². The molecule has 1 aliphatic carbocycles. The lowest BCUT2D eigenvalue weighted by Crippen LogP contribution is -2.55. The van der Waals surface area contributed by atoms with Crippen molar-refractivity contribution in [3.05, 3.63) is 66.2 Å². The predicted molar refractivity (Wildman–Crippen MR) is 115 cm³/mol. The number of rotatable bonds is 4. The first kappa shape index (κ1) is 18.7. The van der Waals surface area contributed by atoms with Gasteiger partial charge in [-0.05, 0) is 62.3 Å². The molecule has 2 heterocycles. The van der Waals surface area contributed by atoms with Crippen molar-refractivity contribution in [1.82, 2.24) is 4.90 Å². The van der Waals surface area contributed by atoms with Gasteiger partial charge in [0.25, 0.3) is 0 Å². The largest absolute Gasteiger partial charge is 0.446 e. The molecule has 1 amide bonds. The summed E-state index contributed by atoms with van der Waals surface area (Å²) in [6.07, 6.45) is 6.86. The number of anilines is 1. The molecule has 3 aliphatic rings. The zero-order chi connectivity index (χ0) is 19.6. The molecule has 5 atom stereocenters. The standard InChI is InChI=1S/C25H30N2O2/c28-25(26-20-11-5-2-6-12-20)29-24-17-19-16-21(24)22-13-7-8-14-27(22)23(19)15-18-9-3-1-4-10-18/h1-6,9-12,19,21-24H,7-8,13-17H2,(H,26,28)/t19?,21?,22-,23+,24?/m1/s1. The van der Waals surface area contributed by atoms with Gasteiger partial charge in [0.2, 0.25) is 0 Å². The summed E-state index contributed by atoms with van der Waals surface area (Å²) >= 11 is 0. The van der Waals surface area contributed by atoms with Crippen LogP contribution in [-0.4, -0.2) is 35.7 Å². The maximum Gasteiger partial charge on any atom is 0.411 e. The Bertz CT molecular complexity index is 825. The molecular weight excluding hydrogens is 360 g/mol. The molecule has 152 valence electrons. The summed E-state index contributed by atoms with van der Waals surface area (Å²) < 4.78 is 6.00. The number of carbonyl (C=O) groups excluding carboxylic acids is 1. The van der Waals surface area contributed by atoms with Gasteiger partial charge < -0.3 is 4.74 Å². The number of para-hydroxylation sites is 1. The van der Waals surface area contributed by atoms with Gasteiger partial charge in [-0.25, -0.2) is 4.79 Å².